The molecule has 0 unspecified atom stereocenters. The minimum absolute atomic E-state index is 0.555. The quantitative estimate of drug-likeness (QED) is 0.252. The number of aromatic nitrogens is 1. The third-order valence-corrected chi connectivity index (χ3v) is 8.75. The van der Waals surface area contributed by atoms with E-state index in [0.29, 0.717) is 5.46 Å². The molecular weight excluding hydrogens is 473 g/mol. The normalized spacial score (nSPS) is 12.1. The van der Waals surface area contributed by atoms with Crippen molar-refractivity contribution in [2.24, 2.45) is 0 Å². The lowest BCUT2D eigenvalue weighted by molar-refractivity contribution is 0.426. The Morgan fingerprint density at radius 3 is 2.08 bits per heavy atom. The zero-order valence-electron chi connectivity index (χ0n) is 19.7. The summed E-state index contributed by atoms with van der Waals surface area (Å²) in [7, 11) is -1.52. The third-order valence-electron chi connectivity index (χ3n) is 7.55. The Bertz CT molecular complexity index is 2190. The summed E-state index contributed by atoms with van der Waals surface area (Å²) in [6.45, 7) is 0. The van der Waals surface area contributed by atoms with E-state index in [1.54, 1.807) is 11.3 Å². The minimum Gasteiger partial charge on any atom is -0.423 e. The van der Waals surface area contributed by atoms with Gasteiger partial charge in [-0.2, -0.15) is 0 Å². The molecule has 2 N–H and O–H groups in total. The fourth-order valence-electron chi connectivity index (χ4n) is 5.90. The molecule has 0 saturated heterocycles. The van der Waals surface area contributed by atoms with E-state index in [1.165, 1.54) is 32.6 Å². The van der Waals surface area contributed by atoms with Crippen LogP contribution in [-0.2, 0) is 0 Å². The van der Waals surface area contributed by atoms with Gasteiger partial charge in [0, 0.05) is 42.1 Å². The molecule has 0 aliphatic carbocycles. The average Bonchev–Trinajstić information content (AvgIpc) is 3.46. The summed E-state index contributed by atoms with van der Waals surface area (Å²) < 4.78 is 4.40. The van der Waals surface area contributed by atoms with Crippen LogP contribution in [0.3, 0.4) is 0 Å². The van der Waals surface area contributed by atoms with Gasteiger partial charge in [0.1, 0.15) is 0 Å². The van der Waals surface area contributed by atoms with Crippen LogP contribution in [0.4, 0.5) is 0 Å². The van der Waals surface area contributed by atoms with Crippen LogP contribution in [0, 0.1) is 0 Å². The first-order valence-electron chi connectivity index (χ1n) is 12.3. The maximum absolute atomic E-state index is 10.2. The van der Waals surface area contributed by atoms with Crippen molar-refractivity contribution in [1.82, 2.24) is 4.57 Å². The summed E-state index contributed by atoms with van der Waals surface area (Å²) in [4.78, 5) is 0. The fraction of sp³-hybridized carbons (Fsp3) is 0. The van der Waals surface area contributed by atoms with Crippen LogP contribution >= 0.6 is 11.3 Å². The standard InChI is InChI=1S/C32H20BNO2S/c35-33(36)27-16-21-9-3-4-10-23(21)31-25-14-13-22(18-30(25)37-32(27)31)34-28-12-6-5-11-24(28)26-15-19-7-1-2-8-20(19)17-29(26)34/h1-18,35-36H. The first-order valence-corrected chi connectivity index (χ1v) is 13.2. The van der Waals surface area contributed by atoms with Crippen molar-refractivity contribution in [3.8, 4) is 5.69 Å². The smallest absolute Gasteiger partial charge is 0.423 e. The van der Waals surface area contributed by atoms with Gasteiger partial charge < -0.3 is 14.6 Å². The second-order valence-corrected chi connectivity index (χ2v) is 10.7. The molecule has 5 heteroatoms. The Balaban J connectivity index is 1.48. The lowest BCUT2D eigenvalue weighted by Gasteiger charge is -2.09. The Kier molecular flexibility index (Phi) is 4.35. The van der Waals surface area contributed by atoms with Gasteiger partial charge in [0.25, 0.3) is 0 Å². The summed E-state index contributed by atoms with van der Waals surface area (Å²) in [5.74, 6) is 0. The number of hydrogen-bond acceptors (Lipinski definition) is 3. The highest BCUT2D eigenvalue weighted by Gasteiger charge is 2.21. The highest BCUT2D eigenvalue weighted by molar-refractivity contribution is 7.27. The molecule has 0 aliphatic rings. The molecule has 2 aromatic heterocycles. The summed E-state index contributed by atoms with van der Waals surface area (Å²) in [5.41, 5.74) is 4.00. The number of nitrogens with zero attached hydrogens (tertiary/aromatic N) is 1. The summed E-state index contributed by atoms with van der Waals surface area (Å²) in [5, 5.41) is 29.7. The topological polar surface area (TPSA) is 45.4 Å². The van der Waals surface area contributed by atoms with E-state index in [1.807, 2.05) is 24.3 Å². The highest BCUT2D eigenvalue weighted by atomic mass is 32.1. The van der Waals surface area contributed by atoms with Crippen LogP contribution in [0.15, 0.2) is 109 Å². The number of fused-ring (bicyclic) bond motifs is 9. The van der Waals surface area contributed by atoms with Crippen LogP contribution in [0.5, 0.6) is 0 Å². The van der Waals surface area contributed by atoms with Gasteiger partial charge in [-0.15, -0.1) is 11.3 Å². The lowest BCUT2D eigenvalue weighted by atomic mass is 9.78. The van der Waals surface area contributed by atoms with Gasteiger partial charge in [-0.25, -0.2) is 0 Å². The molecule has 0 spiro atoms. The molecule has 0 bridgehead atoms. The maximum atomic E-state index is 10.2. The number of hydrogen-bond donors (Lipinski definition) is 2. The van der Waals surface area contributed by atoms with Crippen molar-refractivity contribution in [2.45, 2.75) is 0 Å². The van der Waals surface area contributed by atoms with Crippen LogP contribution in [0.1, 0.15) is 0 Å². The molecule has 8 rings (SSSR count). The van der Waals surface area contributed by atoms with Gasteiger partial charge >= 0.3 is 7.12 Å². The zero-order valence-corrected chi connectivity index (χ0v) is 20.5. The van der Waals surface area contributed by atoms with Crippen molar-refractivity contribution in [3.63, 3.8) is 0 Å². The molecule has 2 heterocycles. The molecule has 0 amide bonds. The van der Waals surface area contributed by atoms with Crippen LogP contribution in [0.2, 0.25) is 0 Å². The van der Waals surface area contributed by atoms with Gasteiger partial charge in [-0.3, -0.25) is 0 Å². The minimum atomic E-state index is -1.52. The van der Waals surface area contributed by atoms with Gasteiger partial charge in [-0.1, -0.05) is 78.9 Å². The first kappa shape index (κ1) is 21.0. The van der Waals surface area contributed by atoms with E-state index in [9.17, 15) is 10.0 Å². The third kappa shape index (κ3) is 2.96. The van der Waals surface area contributed by atoms with Crippen molar-refractivity contribution in [1.29, 1.82) is 0 Å². The van der Waals surface area contributed by atoms with E-state index in [2.05, 4.69) is 89.5 Å². The van der Waals surface area contributed by atoms with Crippen LogP contribution < -0.4 is 5.46 Å². The Labute approximate surface area is 216 Å². The second kappa shape index (κ2) is 7.67. The number of thiophene rings is 1. The van der Waals surface area contributed by atoms with Gasteiger partial charge in [0.15, 0.2) is 0 Å². The van der Waals surface area contributed by atoms with E-state index in [-0.39, 0.29) is 0 Å². The molecule has 6 aromatic carbocycles. The number of benzene rings is 6. The van der Waals surface area contributed by atoms with E-state index in [4.69, 9.17) is 0 Å². The predicted molar refractivity (Wildman–Crippen MR) is 159 cm³/mol. The van der Waals surface area contributed by atoms with Gasteiger partial charge in [0.2, 0.25) is 0 Å². The first-order chi connectivity index (χ1) is 18.2. The van der Waals surface area contributed by atoms with Gasteiger partial charge in [-0.05, 0) is 51.9 Å². The zero-order chi connectivity index (χ0) is 24.7. The summed E-state index contributed by atoms with van der Waals surface area (Å²) in [6.07, 6.45) is 0. The largest absolute Gasteiger partial charge is 0.489 e. The summed E-state index contributed by atoms with van der Waals surface area (Å²) >= 11 is 1.62. The molecule has 0 saturated carbocycles. The van der Waals surface area contributed by atoms with Gasteiger partial charge in [0.05, 0.1) is 11.0 Å². The molecule has 3 nitrogen and oxygen atoms in total. The maximum Gasteiger partial charge on any atom is 0.489 e. The highest BCUT2D eigenvalue weighted by Crippen LogP contribution is 2.40. The van der Waals surface area contributed by atoms with E-state index < -0.39 is 7.12 Å². The molecule has 0 atom stereocenters. The molecule has 37 heavy (non-hydrogen) atoms. The Morgan fingerprint density at radius 2 is 1.27 bits per heavy atom. The number of rotatable bonds is 2. The predicted octanol–water partition coefficient (Wildman–Crippen LogP) is 7.14. The lowest BCUT2D eigenvalue weighted by Crippen LogP contribution is -2.29. The van der Waals surface area contributed by atoms with Crippen LogP contribution in [0.25, 0.3) is 69.2 Å². The molecule has 0 fully saturated rings. The Hall–Kier alpha value is -4.16. The second-order valence-electron chi connectivity index (χ2n) is 9.62. The van der Waals surface area contributed by atoms with Crippen molar-refractivity contribution in [3.05, 3.63) is 109 Å². The van der Waals surface area contributed by atoms with E-state index >= 15 is 0 Å². The molecule has 174 valence electrons. The Morgan fingerprint density at radius 1 is 0.568 bits per heavy atom. The summed E-state index contributed by atoms with van der Waals surface area (Å²) in [6, 6.07) is 38.3. The fourth-order valence-corrected chi connectivity index (χ4v) is 7.19. The average molecular weight is 493 g/mol. The molecule has 8 aromatic rings. The molecule has 0 radical (unpaired) electrons. The van der Waals surface area contributed by atoms with Crippen LogP contribution in [-0.4, -0.2) is 21.7 Å². The number of para-hydroxylation sites is 1. The van der Waals surface area contributed by atoms with Crippen molar-refractivity contribution < 1.29 is 10.0 Å². The SMILES string of the molecule is OB(O)c1cc2ccccc2c2c1sc1cc(-n3c4ccccc4c4cc5ccccc5cc43)ccc12. The van der Waals surface area contributed by atoms with E-state index in [0.717, 1.165) is 36.6 Å². The molecular formula is C32H20BNO2S. The van der Waals surface area contributed by atoms with Crippen molar-refractivity contribution in [2.75, 3.05) is 0 Å². The monoisotopic (exact) mass is 493 g/mol. The van der Waals surface area contributed by atoms with Crippen molar-refractivity contribution >= 4 is 87.4 Å². The molecule has 0 aliphatic heterocycles.